The van der Waals surface area contributed by atoms with Crippen LogP contribution in [0, 0.1) is 23.2 Å². The summed E-state index contributed by atoms with van der Waals surface area (Å²) < 4.78 is 5.54. The number of hydrogen-bond donors (Lipinski definition) is 1. The lowest BCUT2D eigenvalue weighted by molar-refractivity contribution is -0.175. The third-order valence-corrected chi connectivity index (χ3v) is 4.01. The molecular weight excluding hydrogens is 292 g/mol. The number of hydrogen-bond acceptors (Lipinski definition) is 3. The molecule has 0 rings (SSSR count). The summed E-state index contributed by atoms with van der Waals surface area (Å²) in [6.07, 6.45) is 3.25. The van der Waals surface area contributed by atoms with Gasteiger partial charge < -0.3 is 9.84 Å². The summed E-state index contributed by atoms with van der Waals surface area (Å²) in [4.78, 5) is 24.6. The van der Waals surface area contributed by atoms with E-state index in [9.17, 15) is 14.7 Å². The lowest BCUT2D eigenvalue weighted by Crippen LogP contribution is -2.44. The van der Waals surface area contributed by atoms with Crippen LogP contribution in [0.25, 0.3) is 0 Å². The molecule has 0 heterocycles. The monoisotopic (exact) mass is 328 g/mol. The Labute approximate surface area is 142 Å². The summed E-state index contributed by atoms with van der Waals surface area (Å²) in [5.41, 5.74) is -1.42. The fourth-order valence-electron chi connectivity index (χ4n) is 3.07. The van der Waals surface area contributed by atoms with Gasteiger partial charge in [0.05, 0.1) is 6.10 Å². The fraction of sp³-hybridized carbons (Fsp3) is 0.895. The lowest BCUT2D eigenvalue weighted by Gasteiger charge is -2.31. The van der Waals surface area contributed by atoms with E-state index in [4.69, 9.17) is 4.74 Å². The van der Waals surface area contributed by atoms with Crippen molar-refractivity contribution in [2.45, 2.75) is 86.7 Å². The molecule has 0 spiro atoms. The van der Waals surface area contributed by atoms with Crippen molar-refractivity contribution >= 4 is 11.9 Å². The first kappa shape index (κ1) is 21.9. The predicted molar refractivity (Wildman–Crippen MR) is 93.2 cm³/mol. The summed E-state index contributed by atoms with van der Waals surface area (Å²) in [6.45, 7) is 14.0. The number of carboxylic acid groups (broad SMARTS) is 1. The van der Waals surface area contributed by atoms with Crippen LogP contribution >= 0.6 is 0 Å². The van der Waals surface area contributed by atoms with Crippen molar-refractivity contribution in [2.24, 2.45) is 23.2 Å². The van der Waals surface area contributed by atoms with Crippen LogP contribution in [-0.2, 0) is 14.3 Å². The van der Waals surface area contributed by atoms with E-state index >= 15 is 0 Å². The number of carbonyl (C=O) groups excluding carboxylic acids is 1. The van der Waals surface area contributed by atoms with Crippen LogP contribution in [0.15, 0.2) is 0 Å². The average molecular weight is 328 g/mol. The van der Waals surface area contributed by atoms with E-state index in [0.29, 0.717) is 18.8 Å². The van der Waals surface area contributed by atoms with Crippen molar-refractivity contribution in [3.63, 3.8) is 0 Å². The minimum atomic E-state index is -1.42. The molecule has 0 radical (unpaired) electrons. The zero-order valence-corrected chi connectivity index (χ0v) is 16.0. The molecule has 0 aliphatic heterocycles. The molecule has 0 saturated carbocycles. The maximum atomic E-state index is 12.7. The molecule has 1 N–H and O–H groups in total. The van der Waals surface area contributed by atoms with E-state index in [1.54, 1.807) is 0 Å². The second-order valence-corrected chi connectivity index (χ2v) is 8.12. The van der Waals surface area contributed by atoms with E-state index in [2.05, 4.69) is 13.8 Å². The summed E-state index contributed by atoms with van der Waals surface area (Å²) >= 11 is 0. The van der Waals surface area contributed by atoms with Gasteiger partial charge in [-0.3, -0.25) is 9.59 Å². The zero-order valence-electron chi connectivity index (χ0n) is 16.0. The van der Waals surface area contributed by atoms with E-state index in [0.717, 1.165) is 19.3 Å². The standard InChI is InChI=1S/C19H36O4/c1-13(2)9-8-10-16(7)23-18(22)19(17(20)21,11-14(3)4)12-15(5)6/h13-16H,8-12H2,1-7H3,(H,20,21). The van der Waals surface area contributed by atoms with Gasteiger partial charge in [-0.25, -0.2) is 0 Å². The van der Waals surface area contributed by atoms with E-state index in [1.807, 2.05) is 34.6 Å². The molecule has 0 aliphatic rings. The van der Waals surface area contributed by atoms with Crippen LogP contribution in [0.1, 0.15) is 80.6 Å². The van der Waals surface area contributed by atoms with Gasteiger partial charge in [0.25, 0.3) is 0 Å². The van der Waals surface area contributed by atoms with Gasteiger partial charge in [-0.2, -0.15) is 0 Å². The van der Waals surface area contributed by atoms with Gasteiger partial charge in [0.1, 0.15) is 0 Å². The smallest absolute Gasteiger partial charge is 0.323 e. The molecule has 1 unspecified atom stereocenters. The molecule has 0 bridgehead atoms. The van der Waals surface area contributed by atoms with E-state index in [-0.39, 0.29) is 17.9 Å². The molecule has 0 fully saturated rings. The van der Waals surface area contributed by atoms with Crippen LogP contribution in [0.5, 0.6) is 0 Å². The number of carbonyl (C=O) groups is 2. The summed E-state index contributed by atoms with van der Waals surface area (Å²) in [7, 11) is 0. The molecule has 136 valence electrons. The van der Waals surface area contributed by atoms with Crippen LogP contribution in [0.3, 0.4) is 0 Å². The molecule has 4 nitrogen and oxygen atoms in total. The number of rotatable bonds is 11. The SMILES string of the molecule is CC(C)CCCC(C)OC(=O)C(CC(C)C)(CC(C)C)C(=O)O. The number of ether oxygens (including phenoxy) is 1. The van der Waals surface area contributed by atoms with Gasteiger partial charge >= 0.3 is 11.9 Å². The molecule has 0 aromatic heterocycles. The van der Waals surface area contributed by atoms with Crippen molar-refractivity contribution in [1.29, 1.82) is 0 Å². The van der Waals surface area contributed by atoms with Crippen molar-refractivity contribution in [2.75, 3.05) is 0 Å². The van der Waals surface area contributed by atoms with Crippen molar-refractivity contribution in [3.05, 3.63) is 0 Å². The topological polar surface area (TPSA) is 63.6 Å². The predicted octanol–water partition coefficient (Wildman–Crippen LogP) is 4.91. The van der Waals surface area contributed by atoms with Gasteiger partial charge in [-0.05, 0) is 50.4 Å². The van der Waals surface area contributed by atoms with Crippen LogP contribution in [-0.4, -0.2) is 23.1 Å². The van der Waals surface area contributed by atoms with Gasteiger partial charge in [-0.15, -0.1) is 0 Å². The second-order valence-electron chi connectivity index (χ2n) is 8.12. The average Bonchev–Trinajstić information content (AvgIpc) is 2.35. The Bertz CT molecular complexity index is 362. The molecular formula is C19H36O4. The minimum Gasteiger partial charge on any atom is -0.480 e. The lowest BCUT2D eigenvalue weighted by atomic mass is 9.74. The molecule has 23 heavy (non-hydrogen) atoms. The van der Waals surface area contributed by atoms with Crippen LogP contribution < -0.4 is 0 Å². The quantitative estimate of drug-likeness (QED) is 0.432. The maximum Gasteiger partial charge on any atom is 0.323 e. The second kappa shape index (κ2) is 9.94. The van der Waals surface area contributed by atoms with Crippen LogP contribution in [0.4, 0.5) is 0 Å². The highest BCUT2D eigenvalue weighted by molar-refractivity contribution is 5.99. The largest absolute Gasteiger partial charge is 0.480 e. The molecule has 0 aromatic rings. The first-order valence-electron chi connectivity index (χ1n) is 8.95. The van der Waals surface area contributed by atoms with Gasteiger partial charge in [-0.1, -0.05) is 48.0 Å². The Hall–Kier alpha value is -1.06. The summed E-state index contributed by atoms with van der Waals surface area (Å²) in [5, 5.41) is 9.75. The highest BCUT2D eigenvalue weighted by Crippen LogP contribution is 2.36. The Kier molecular flexibility index (Phi) is 9.48. The number of aliphatic carboxylic acids is 1. The third kappa shape index (κ3) is 7.85. The Morgan fingerprint density at radius 1 is 0.870 bits per heavy atom. The van der Waals surface area contributed by atoms with Crippen molar-refractivity contribution in [3.8, 4) is 0 Å². The Morgan fingerprint density at radius 3 is 1.70 bits per heavy atom. The molecule has 4 heteroatoms. The number of carboxylic acids is 1. The van der Waals surface area contributed by atoms with Gasteiger partial charge in [0.2, 0.25) is 0 Å². The molecule has 1 atom stereocenters. The zero-order chi connectivity index (χ0) is 18.2. The Morgan fingerprint density at radius 2 is 1.35 bits per heavy atom. The van der Waals surface area contributed by atoms with Crippen LogP contribution in [0.2, 0.25) is 0 Å². The molecule has 0 amide bonds. The van der Waals surface area contributed by atoms with Gasteiger partial charge in [0.15, 0.2) is 5.41 Å². The van der Waals surface area contributed by atoms with E-state index < -0.39 is 17.4 Å². The molecule has 0 aromatic carbocycles. The first-order valence-corrected chi connectivity index (χ1v) is 8.95. The normalized spacial score (nSPS) is 13.7. The maximum absolute atomic E-state index is 12.7. The summed E-state index contributed by atoms with van der Waals surface area (Å²) in [5.74, 6) is -0.760. The number of esters is 1. The summed E-state index contributed by atoms with van der Waals surface area (Å²) in [6, 6.07) is 0. The highest BCUT2D eigenvalue weighted by Gasteiger charge is 2.48. The Balaban J connectivity index is 5.01. The van der Waals surface area contributed by atoms with Crippen molar-refractivity contribution in [1.82, 2.24) is 0 Å². The molecule has 0 saturated heterocycles. The minimum absolute atomic E-state index is 0.119. The van der Waals surface area contributed by atoms with Crippen molar-refractivity contribution < 1.29 is 19.4 Å². The van der Waals surface area contributed by atoms with E-state index in [1.165, 1.54) is 0 Å². The fourth-order valence-corrected chi connectivity index (χ4v) is 3.07. The molecule has 0 aliphatic carbocycles. The third-order valence-electron chi connectivity index (χ3n) is 4.01. The van der Waals surface area contributed by atoms with Gasteiger partial charge in [0, 0.05) is 0 Å². The highest BCUT2D eigenvalue weighted by atomic mass is 16.5. The first-order chi connectivity index (χ1) is 10.5.